The van der Waals surface area contributed by atoms with Gasteiger partial charge in [0, 0.05) is 43.9 Å². The molecule has 7 heteroatoms. The molecule has 0 saturated carbocycles. The summed E-state index contributed by atoms with van der Waals surface area (Å²) in [6, 6.07) is 14.6. The van der Waals surface area contributed by atoms with Crippen LogP contribution in [0, 0.1) is 12.8 Å². The summed E-state index contributed by atoms with van der Waals surface area (Å²) in [5.41, 5.74) is 3.76. The number of nitrogens with zero attached hydrogens (tertiary/aromatic N) is 2. The monoisotopic (exact) mass is 484 g/mol. The lowest BCUT2D eigenvalue weighted by atomic mass is 9.83. The number of piperidine rings is 1. The van der Waals surface area contributed by atoms with Crippen molar-refractivity contribution in [3.8, 4) is 17.2 Å². The molecule has 0 amide bonds. The predicted molar refractivity (Wildman–Crippen MR) is 136 cm³/mol. The highest BCUT2D eigenvalue weighted by atomic mass is 16.5. The second-order valence-electron chi connectivity index (χ2n) is 10.0. The minimum absolute atomic E-state index is 0.0620. The zero-order valence-electron chi connectivity index (χ0n) is 20.4. The number of benzene rings is 2. The molecule has 0 unspecified atom stereocenters. The molecule has 36 heavy (non-hydrogen) atoms. The van der Waals surface area contributed by atoms with Crippen LogP contribution in [0.3, 0.4) is 0 Å². The maximum atomic E-state index is 13.3. The number of fused-ring (bicyclic) bond motifs is 5. The smallest absolute Gasteiger partial charge is 0.250 e. The van der Waals surface area contributed by atoms with Crippen molar-refractivity contribution in [3.05, 3.63) is 92.6 Å². The third-order valence-electron chi connectivity index (χ3n) is 7.55. The first kappa shape index (κ1) is 22.6. The van der Waals surface area contributed by atoms with Crippen molar-refractivity contribution in [2.75, 3.05) is 20.2 Å². The van der Waals surface area contributed by atoms with E-state index in [0.29, 0.717) is 47.2 Å². The van der Waals surface area contributed by atoms with Crippen LogP contribution >= 0.6 is 0 Å². The number of phenolic OH excluding ortho intramolecular Hbond substituents is 1. The van der Waals surface area contributed by atoms with Gasteiger partial charge in [-0.2, -0.15) is 0 Å². The number of likely N-dealkylation sites (tertiary alicyclic amines) is 1. The van der Waals surface area contributed by atoms with Crippen LogP contribution in [0.5, 0.6) is 17.2 Å². The van der Waals surface area contributed by atoms with Gasteiger partial charge in [-0.25, -0.2) is 0 Å². The van der Waals surface area contributed by atoms with Gasteiger partial charge in [-0.05, 0) is 60.7 Å². The number of pyridine rings is 1. The van der Waals surface area contributed by atoms with Gasteiger partial charge in [-0.1, -0.05) is 18.2 Å². The molecular formula is C29H28N2O5. The Labute approximate surface area is 209 Å². The molecule has 0 aliphatic carbocycles. The van der Waals surface area contributed by atoms with Gasteiger partial charge in [0.25, 0.3) is 5.56 Å². The fraction of sp³-hybridized carbons (Fsp3) is 0.310. The molecule has 6 rings (SSSR count). The number of carbonyl (C=O) groups excluding carboxylic acids is 1. The number of aromatic hydroxyl groups is 1. The van der Waals surface area contributed by atoms with Gasteiger partial charge in [0.15, 0.2) is 5.76 Å². The number of aromatic nitrogens is 1. The maximum Gasteiger partial charge on any atom is 0.250 e. The Morgan fingerprint density at radius 2 is 1.94 bits per heavy atom. The molecule has 3 aromatic rings. The summed E-state index contributed by atoms with van der Waals surface area (Å²) >= 11 is 0. The lowest BCUT2D eigenvalue weighted by Crippen LogP contribution is -2.46. The van der Waals surface area contributed by atoms with Crippen molar-refractivity contribution in [3.63, 3.8) is 0 Å². The van der Waals surface area contributed by atoms with E-state index in [1.807, 2.05) is 47.9 Å². The number of ketones is 1. The van der Waals surface area contributed by atoms with Crippen molar-refractivity contribution >= 4 is 11.9 Å². The fourth-order valence-electron chi connectivity index (χ4n) is 5.96. The number of hydrogen-bond acceptors (Lipinski definition) is 6. The summed E-state index contributed by atoms with van der Waals surface area (Å²) in [4.78, 5) is 28.0. The van der Waals surface area contributed by atoms with Gasteiger partial charge in [-0.15, -0.1) is 0 Å². The van der Waals surface area contributed by atoms with Crippen LogP contribution in [0.4, 0.5) is 0 Å². The van der Waals surface area contributed by atoms with E-state index in [1.165, 1.54) is 0 Å². The quantitative estimate of drug-likeness (QED) is 0.562. The van der Waals surface area contributed by atoms with E-state index in [9.17, 15) is 14.7 Å². The summed E-state index contributed by atoms with van der Waals surface area (Å²) < 4.78 is 13.3. The van der Waals surface area contributed by atoms with Gasteiger partial charge in [-0.3, -0.25) is 14.5 Å². The first-order valence-electron chi connectivity index (χ1n) is 12.3. The van der Waals surface area contributed by atoms with Gasteiger partial charge < -0.3 is 19.1 Å². The van der Waals surface area contributed by atoms with Crippen molar-refractivity contribution in [2.24, 2.45) is 5.92 Å². The number of aryl methyl sites for hydroxylation is 1. The molecule has 7 nitrogen and oxygen atoms in total. The lowest BCUT2D eigenvalue weighted by molar-refractivity contribution is 0.101. The first-order valence-corrected chi connectivity index (χ1v) is 12.3. The molecule has 3 aliphatic heterocycles. The molecule has 2 atom stereocenters. The normalized spacial score (nSPS) is 21.7. The molecule has 0 radical (unpaired) electrons. The van der Waals surface area contributed by atoms with Crippen molar-refractivity contribution < 1.29 is 19.4 Å². The van der Waals surface area contributed by atoms with Crippen LogP contribution in [-0.4, -0.2) is 40.6 Å². The van der Waals surface area contributed by atoms with E-state index in [2.05, 4.69) is 4.90 Å². The molecule has 0 spiro atoms. The SMILES string of the molecule is COc1cccc(/C=C2\Oc3c(CN4C[C@H]5C[C@@H](C4)c4cccc(=O)n4C5)c(O)cc(C)c3C2=O)c1. The number of rotatable bonds is 4. The Bertz CT molecular complexity index is 1470. The minimum atomic E-state index is -0.185. The summed E-state index contributed by atoms with van der Waals surface area (Å²) in [5.74, 6) is 1.95. The fourth-order valence-corrected chi connectivity index (χ4v) is 5.96. The molecule has 184 valence electrons. The van der Waals surface area contributed by atoms with Crippen molar-refractivity contribution in [2.45, 2.75) is 32.4 Å². The lowest BCUT2D eigenvalue weighted by Gasteiger charge is -2.43. The van der Waals surface area contributed by atoms with Gasteiger partial charge in [0.05, 0.1) is 18.2 Å². The zero-order valence-corrected chi connectivity index (χ0v) is 20.4. The molecular weight excluding hydrogens is 456 g/mol. The number of phenols is 1. The van der Waals surface area contributed by atoms with Gasteiger partial charge in [0.2, 0.25) is 5.78 Å². The highest BCUT2D eigenvalue weighted by Crippen LogP contribution is 2.44. The van der Waals surface area contributed by atoms with Gasteiger partial charge in [0.1, 0.15) is 17.2 Å². The standard InChI is InChI=1S/C29H28N2O5/c1-17-9-24(32)22(16-30-13-19-10-20(15-30)23-7-4-8-26(33)31(23)14-19)29-27(17)28(34)25(36-29)12-18-5-3-6-21(11-18)35-2/h3-9,11-12,19-20,32H,10,13-16H2,1-2H3/b25-12-/t19-,20+/m1/s1. The minimum Gasteiger partial charge on any atom is -0.507 e. The van der Waals surface area contributed by atoms with E-state index in [4.69, 9.17) is 9.47 Å². The van der Waals surface area contributed by atoms with Crippen LogP contribution in [-0.2, 0) is 13.1 Å². The van der Waals surface area contributed by atoms with Crippen LogP contribution in [0.25, 0.3) is 6.08 Å². The highest BCUT2D eigenvalue weighted by molar-refractivity contribution is 6.15. The van der Waals surface area contributed by atoms with Crippen molar-refractivity contribution in [1.29, 1.82) is 0 Å². The van der Waals surface area contributed by atoms with E-state index in [-0.39, 0.29) is 28.8 Å². The third kappa shape index (κ3) is 3.80. The zero-order chi connectivity index (χ0) is 25.0. The third-order valence-corrected chi connectivity index (χ3v) is 7.55. The van der Waals surface area contributed by atoms with Crippen LogP contribution in [0.2, 0.25) is 0 Å². The Morgan fingerprint density at radius 3 is 2.78 bits per heavy atom. The Morgan fingerprint density at radius 1 is 1.11 bits per heavy atom. The molecule has 4 heterocycles. The number of carbonyl (C=O) groups is 1. The summed E-state index contributed by atoms with van der Waals surface area (Å²) in [5, 5.41) is 10.9. The average molecular weight is 485 g/mol. The second kappa shape index (κ2) is 8.68. The van der Waals surface area contributed by atoms with E-state index < -0.39 is 0 Å². The molecule has 2 bridgehead atoms. The highest BCUT2D eigenvalue weighted by Gasteiger charge is 2.37. The molecule has 2 aromatic carbocycles. The molecule has 1 saturated heterocycles. The largest absolute Gasteiger partial charge is 0.507 e. The Hall–Kier alpha value is -3.84. The predicted octanol–water partition coefficient (Wildman–Crippen LogP) is 4.11. The number of methoxy groups -OCH3 is 1. The molecule has 1 fully saturated rings. The average Bonchev–Trinajstić information content (AvgIpc) is 3.18. The van der Waals surface area contributed by atoms with Gasteiger partial charge >= 0.3 is 0 Å². The summed E-state index contributed by atoms with van der Waals surface area (Å²) in [7, 11) is 1.60. The number of Topliss-reactive ketones (excluding diaryl/α,β-unsaturated/α-hetero) is 1. The summed E-state index contributed by atoms with van der Waals surface area (Å²) in [6.07, 6.45) is 2.77. The number of allylic oxidation sites excluding steroid dienone is 1. The first-order chi connectivity index (χ1) is 17.4. The van der Waals surface area contributed by atoms with Crippen LogP contribution in [0.1, 0.15) is 45.1 Å². The maximum absolute atomic E-state index is 13.3. The second-order valence-corrected chi connectivity index (χ2v) is 10.0. The molecule has 3 aliphatic rings. The number of hydrogen-bond donors (Lipinski definition) is 1. The van der Waals surface area contributed by atoms with Crippen LogP contribution in [0.15, 0.2) is 59.1 Å². The summed E-state index contributed by atoms with van der Waals surface area (Å²) in [6.45, 7) is 4.60. The van der Waals surface area contributed by atoms with E-state index in [0.717, 1.165) is 30.8 Å². The van der Waals surface area contributed by atoms with Crippen molar-refractivity contribution in [1.82, 2.24) is 9.47 Å². The molecule has 1 N–H and O–H groups in total. The topological polar surface area (TPSA) is 81.0 Å². The number of ether oxygens (including phenoxy) is 2. The van der Waals surface area contributed by atoms with Crippen LogP contribution < -0.4 is 15.0 Å². The van der Waals surface area contributed by atoms with E-state index >= 15 is 0 Å². The molecule has 1 aromatic heterocycles. The Balaban J connectivity index is 1.31. The Kier molecular flexibility index (Phi) is 5.45. The van der Waals surface area contributed by atoms with E-state index in [1.54, 1.807) is 25.3 Å².